The maximum absolute atomic E-state index is 9.36. The van der Waals surface area contributed by atoms with E-state index in [1.54, 1.807) is 0 Å². The number of piperidine rings is 1. The Balaban J connectivity index is 2.39. The second kappa shape index (κ2) is 5.43. The Morgan fingerprint density at radius 2 is 1.95 bits per heavy atom. The number of aliphatic hydroxyl groups excluding tert-OH is 1. The van der Waals surface area contributed by atoms with Crippen LogP contribution in [0.3, 0.4) is 0 Å². The van der Waals surface area contributed by atoms with Gasteiger partial charge < -0.3 is 14.6 Å². The zero-order valence-electron chi connectivity index (χ0n) is 13.3. The van der Waals surface area contributed by atoms with Gasteiger partial charge in [0.2, 0.25) is 0 Å². The molecule has 5 atom stereocenters. The van der Waals surface area contributed by atoms with E-state index in [1.807, 2.05) is 0 Å². The summed E-state index contributed by atoms with van der Waals surface area (Å²) in [5.74, 6) is -0.407. The third-order valence-corrected chi connectivity index (χ3v) is 6.72. The summed E-state index contributed by atoms with van der Waals surface area (Å²) in [5, 5.41) is 9.36. The van der Waals surface area contributed by atoms with Crippen molar-refractivity contribution in [3.63, 3.8) is 0 Å². The summed E-state index contributed by atoms with van der Waals surface area (Å²) in [7, 11) is 0. The summed E-state index contributed by atoms with van der Waals surface area (Å²) in [6, 6.07) is 0. The molecule has 5 unspecified atom stereocenters. The molecule has 1 spiro atoms. The zero-order valence-corrected chi connectivity index (χ0v) is 14.2. The van der Waals surface area contributed by atoms with E-state index in [1.165, 1.54) is 0 Å². The fourth-order valence-corrected chi connectivity index (χ4v) is 4.28. The summed E-state index contributed by atoms with van der Waals surface area (Å²) < 4.78 is 14.5. The monoisotopic (exact) mass is 303 g/mol. The minimum Gasteiger partial charge on any atom is -0.394 e. The van der Waals surface area contributed by atoms with Crippen LogP contribution in [0.15, 0.2) is 0 Å². The molecule has 0 amide bonds. The number of thiol groups is 1. The van der Waals surface area contributed by atoms with E-state index in [9.17, 15) is 5.11 Å². The maximum atomic E-state index is 9.36. The number of nitrogens with zero attached hydrogens (tertiary/aromatic N) is 1. The third kappa shape index (κ3) is 2.22. The lowest BCUT2D eigenvalue weighted by atomic mass is 9.68. The largest absolute Gasteiger partial charge is 0.394 e. The van der Waals surface area contributed by atoms with E-state index in [4.69, 9.17) is 22.3 Å². The molecular weight excluding hydrogens is 274 g/mol. The van der Waals surface area contributed by atoms with Crippen molar-refractivity contribution >= 4 is 12.8 Å². The predicted molar refractivity (Wildman–Crippen MR) is 82.6 cm³/mol. The Kier molecular flexibility index (Phi) is 4.50. The average molecular weight is 303 g/mol. The average Bonchev–Trinajstić information content (AvgIpc) is 2.87. The van der Waals surface area contributed by atoms with Gasteiger partial charge in [-0.2, -0.15) is 0 Å². The molecule has 2 aliphatic rings. The van der Waals surface area contributed by atoms with Gasteiger partial charge in [0.05, 0.1) is 13.2 Å². The number of hydrogen-bond acceptors (Lipinski definition) is 5. The molecule has 4 nitrogen and oxygen atoms in total. The van der Waals surface area contributed by atoms with Gasteiger partial charge in [0.15, 0.2) is 5.79 Å². The van der Waals surface area contributed by atoms with Crippen LogP contribution in [-0.2, 0) is 9.47 Å². The lowest BCUT2D eigenvalue weighted by Crippen LogP contribution is -2.69. The molecule has 0 aliphatic carbocycles. The molecule has 0 bridgehead atoms. The van der Waals surface area contributed by atoms with Crippen LogP contribution in [0.25, 0.3) is 0 Å². The van der Waals surface area contributed by atoms with Gasteiger partial charge in [0.1, 0.15) is 6.10 Å². The summed E-state index contributed by atoms with van der Waals surface area (Å²) in [6.07, 6.45) is 2.54. The molecule has 118 valence electrons. The van der Waals surface area contributed by atoms with Gasteiger partial charge in [0, 0.05) is 23.4 Å². The van der Waals surface area contributed by atoms with Crippen LogP contribution >= 0.6 is 12.8 Å². The Bertz CT molecular complexity index is 369. The van der Waals surface area contributed by atoms with Crippen LogP contribution < -0.4 is 0 Å². The summed E-state index contributed by atoms with van der Waals surface area (Å²) in [6.45, 7) is 11.5. The first-order chi connectivity index (χ1) is 9.28. The van der Waals surface area contributed by atoms with Gasteiger partial charge >= 0.3 is 0 Å². The van der Waals surface area contributed by atoms with Gasteiger partial charge in [-0.25, -0.2) is 4.31 Å². The molecule has 0 aromatic heterocycles. The summed E-state index contributed by atoms with van der Waals surface area (Å²) >= 11 is 4.84. The van der Waals surface area contributed by atoms with Crippen molar-refractivity contribution in [2.75, 3.05) is 13.2 Å². The second-order valence-electron chi connectivity index (χ2n) is 6.82. The van der Waals surface area contributed by atoms with Gasteiger partial charge in [0.25, 0.3) is 0 Å². The van der Waals surface area contributed by atoms with E-state index < -0.39 is 5.79 Å². The van der Waals surface area contributed by atoms with Gasteiger partial charge in [-0.15, -0.1) is 0 Å². The van der Waals surface area contributed by atoms with Crippen molar-refractivity contribution < 1.29 is 14.6 Å². The predicted octanol–water partition coefficient (Wildman–Crippen LogP) is 2.61. The number of ether oxygens (including phenoxy) is 2. The standard InChI is InChI=1S/C15H29NO3S/c1-6-13(4)10-15(18-9-12(8-17)19-15)11(3)14(5,7-2)16(13)20/h11-12,17,20H,6-10H2,1-5H3. The Hall–Kier alpha value is 0.190. The minimum absolute atomic E-state index is 0.0186. The van der Waals surface area contributed by atoms with E-state index in [2.05, 4.69) is 38.9 Å². The van der Waals surface area contributed by atoms with E-state index in [-0.39, 0.29) is 29.7 Å². The molecule has 0 aromatic carbocycles. The first-order valence-corrected chi connectivity index (χ1v) is 8.10. The molecule has 2 fully saturated rings. The molecular formula is C15H29NO3S. The van der Waals surface area contributed by atoms with Crippen molar-refractivity contribution in [1.82, 2.24) is 4.31 Å². The first-order valence-electron chi connectivity index (χ1n) is 7.70. The summed E-state index contributed by atoms with van der Waals surface area (Å²) in [4.78, 5) is 0. The molecule has 0 aromatic rings. The number of aliphatic hydroxyl groups is 1. The highest BCUT2D eigenvalue weighted by atomic mass is 32.1. The Morgan fingerprint density at radius 1 is 1.30 bits per heavy atom. The van der Waals surface area contributed by atoms with Crippen molar-refractivity contribution in [3.05, 3.63) is 0 Å². The first kappa shape index (κ1) is 16.6. The topological polar surface area (TPSA) is 41.9 Å². The number of hydrogen-bond donors (Lipinski definition) is 2. The van der Waals surface area contributed by atoms with Crippen molar-refractivity contribution in [2.45, 2.75) is 76.9 Å². The van der Waals surface area contributed by atoms with Crippen molar-refractivity contribution in [3.8, 4) is 0 Å². The van der Waals surface area contributed by atoms with E-state index in [0.29, 0.717) is 6.61 Å². The minimum atomic E-state index is -0.595. The highest BCUT2D eigenvalue weighted by Crippen LogP contribution is 2.54. The molecule has 2 saturated heterocycles. The van der Waals surface area contributed by atoms with Crippen LogP contribution in [0, 0.1) is 5.92 Å². The van der Waals surface area contributed by atoms with E-state index >= 15 is 0 Å². The quantitative estimate of drug-likeness (QED) is 0.787. The van der Waals surface area contributed by atoms with Gasteiger partial charge in [-0.3, -0.25) is 0 Å². The van der Waals surface area contributed by atoms with Gasteiger partial charge in [-0.05, 0) is 26.7 Å². The third-order valence-electron chi connectivity index (χ3n) is 5.78. The molecule has 1 N–H and O–H groups in total. The van der Waals surface area contributed by atoms with Gasteiger partial charge in [-0.1, -0.05) is 33.6 Å². The highest BCUT2D eigenvalue weighted by Gasteiger charge is 2.62. The van der Waals surface area contributed by atoms with Crippen LogP contribution in [0.1, 0.15) is 53.9 Å². The molecule has 2 rings (SSSR count). The Morgan fingerprint density at radius 3 is 2.40 bits per heavy atom. The molecule has 2 heterocycles. The number of rotatable bonds is 3. The van der Waals surface area contributed by atoms with E-state index in [0.717, 1.165) is 19.3 Å². The lowest BCUT2D eigenvalue weighted by molar-refractivity contribution is -0.270. The highest BCUT2D eigenvalue weighted by molar-refractivity contribution is 7.77. The molecule has 2 aliphatic heterocycles. The Labute approximate surface area is 128 Å². The zero-order chi connectivity index (χ0) is 15.2. The smallest absolute Gasteiger partial charge is 0.175 e. The fraction of sp³-hybridized carbons (Fsp3) is 1.00. The van der Waals surface area contributed by atoms with Crippen LogP contribution in [0.2, 0.25) is 0 Å². The summed E-state index contributed by atoms with van der Waals surface area (Å²) in [5.41, 5.74) is -0.179. The molecule has 20 heavy (non-hydrogen) atoms. The SMILES string of the molecule is CCC1(C)CC2(OCC(CO)O2)C(C)C(C)(CC)N1S. The molecule has 0 saturated carbocycles. The van der Waals surface area contributed by atoms with Crippen molar-refractivity contribution in [2.24, 2.45) is 5.92 Å². The molecule has 5 heteroatoms. The fourth-order valence-electron chi connectivity index (χ4n) is 3.76. The molecule has 0 radical (unpaired) electrons. The second-order valence-corrected chi connectivity index (χ2v) is 7.22. The lowest BCUT2D eigenvalue weighted by Gasteiger charge is -2.61. The normalized spacial score (nSPS) is 50.0. The van der Waals surface area contributed by atoms with Crippen molar-refractivity contribution in [1.29, 1.82) is 0 Å². The van der Waals surface area contributed by atoms with Crippen LogP contribution in [-0.4, -0.2) is 45.6 Å². The maximum Gasteiger partial charge on any atom is 0.175 e. The van der Waals surface area contributed by atoms with Crippen LogP contribution in [0.4, 0.5) is 0 Å². The van der Waals surface area contributed by atoms with Crippen LogP contribution in [0.5, 0.6) is 0 Å².